The van der Waals surface area contributed by atoms with E-state index in [1.807, 2.05) is 24.4 Å². The van der Waals surface area contributed by atoms with E-state index in [1.54, 1.807) is 17.4 Å². The van der Waals surface area contributed by atoms with Gasteiger partial charge in [0.05, 0.1) is 9.88 Å². The molecule has 0 spiro atoms. The normalized spacial score (nSPS) is 15.3. The molecule has 1 unspecified atom stereocenters. The fourth-order valence-electron chi connectivity index (χ4n) is 2.76. The number of anilines is 1. The van der Waals surface area contributed by atoms with Crippen molar-refractivity contribution in [1.82, 2.24) is 4.98 Å². The Kier molecular flexibility index (Phi) is 5.82. The molecule has 2 aromatic rings. The van der Waals surface area contributed by atoms with Crippen LogP contribution in [-0.4, -0.2) is 4.98 Å². The van der Waals surface area contributed by atoms with Gasteiger partial charge >= 0.3 is 0 Å². The third-order valence-electron chi connectivity index (χ3n) is 4.49. The van der Waals surface area contributed by atoms with Gasteiger partial charge in [0.25, 0.3) is 0 Å². The predicted octanol–water partition coefficient (Wildman–Crippen LogP) is 6.45. The number of hydrogen-bond donors (Lipinski definition) is 1. The van der Waals surface area contributed by atoms with E-state index in [-0.39, 0.29) is 6.23 Å². The third-order valence-corrected chi connectivity index (χ3v) is 5.92. The summed E-state index contributed by atoms with van der Waals surface area (Å²) in [6, 6.07) is 5.85. The van der Waals surface area contributed by atoms with Gasteiger partial charge in [-0.05, 0) is 49.1 Å². The Balaban J connectivity index is 1.85. The molecule has 3 nitrogen and oxygen atoms in total. The van der Waals surface area contributed by atoms with Crippen molar-refractivity contribution in [1.29, 1.82) is 0 Å². The molecule has 1 saturated carbocycles. The number of aromatic nitrogens is 1. The second kappa shape index (κ2) is 8.07. The Morgan fingerprint density at radius 1 is 1.52 bits per heavy atom. The average molecular weight is 375 g/mol. The fourth-order valence-corrected chi connectivity index (χ4v) is 4.02. The first-order valence-corrected chi connectivity index (χ1v) is 9.78. The van der Waals surface area contributed by atoms with E-state index in [0.29, 0.717) is 11.7 Å². The molecule has 1 aromatic heterocycles. The summed E-state index contributed by atoms with van der Waals surface area (Å²) >= 11 is 7.84. The Morgan fingerprint density at radius 2 is 2.32 bits per heavy atom. The highest BCUT2D eigenvalue weighted by atomic mass is 35.5. The SMILES string of the molecule is C=CC(=C)OC(Nc1ccc(Cl)cc1CC)c1cnc(C2CCC2)s1. The number of benzene rings is 1. The molecule has 0 amide bonds. The molecule has 25 heavy (non-hydrogen) atoms. The Bertz CT molecular complexity index is 767. The number of ether oxygens (including phenoxy) is 1. The lowest BCUT2D eigenvalue weighted by molar-refractivity contribution is 0.155. The highest BCUT2D eigenvalue weighted by molar-refractivity contribution is 7.11. The smallest absolute Gasteiger partial charge is 0.207 e. The summed E-state index contributed by atoms with van der Waals surface area (Å²) in [6.45, 7) is 9.73. The quantitative estimate of drug-likeness (QED) is 0.327. The first-order valence-electron chi connectivity index (χ1n) is 8.59. The average Bonchev–Trinajstić information content (AvgIpc) is 3.03. The summed E-state index contributed by atoms with van der Waals surface area (Å²) in [7, 11) is 0. The summed E-state index contributed by atoms with van der Waals surface area (Å²) in [5, 5.41) is 5.41. The van der Waals surface area contributed by atoms with Gasteiger partial charge in [0.2, 0.25) is 6.23 Å². The van der Waals surface area contributed by atoms with Crippen molar-refractivity contribution in [2.75, 3.05) is 5.32 Å². The van der Waals surface area contributed by atoms with Crippen LogP contribution >= 0.6 is 22.9 Å². The van der Waals surface area contributed by atoms with Gasteiger partial charge in [-0.2, -0.15) is 0 Å². The molecule has 5 heteroatoms. The van der Waals surface area contributed by atoms with Gasteiger partial charge in [-0.15, -0.1) is 11.3 Å². The number of thiazole rings is 1. The molecule has 1 fully saturated rings. The summed E-state index contributed by atoms with van der Waals surface area (Å²) < 4.78 is 5.98. The topological polar surface area (TPSA) is 34.1 Å². The maximum absolute atomic E-state index is 6.12. The largest absolute Gasteiger partial charge is 0.466 e. The van der Waals surface area contributed by atoms with Crippen molar-refractivity contribution in [3.8, 4) is 0 Å². The maximum Gasteiger partial charge on any atom is 0.207 e. The number of nitrogens with one attached hydrogen (secondary N) is 1. The zero-order valence-electron chi connectivity index (χ0n) is 14.4. The lowest BCUT2D eigenvalue weighted by Gasteiger charge is -2.23. The molecule has 1 aliphatic carbocycles. The zero-order valence-corrected chi connectivity index (χ0v) is 16.0. The van der Waals surface area contributed by atoms with Crippen LogP contribution < -0.4 is 5.32 Å². The van der Waals surface area contributed by atoms with Crippen molar-refractivity contribution < 1.29 is 4.74 Å². The van der Waals surface area contributed by atoms with E-state index >= 15 is 0 Å². The van der Waals surface area contributed by atoms with E-state index in [1.165, 1.54) is 24.3 Å². The van der Waals surface area contributed by atoms with Crippen molar-refractivity contribution >= 4 is 28.6 Å². The number of aryl methyl sites for hydroxylation is 1. The second-order valence-electron chi connectivity index (χ2n) is 6.20. The van der Waals surface area contributed by atoms with Crippen molar-refractivity contribution in [2.24, 2.45) is 0 Å². The van der Waals surface area contributed by atoms with Crippen LogP contribution in [0.1, 0.15) is 53.8 Å². The van der Waals surface area contributed by atoms with Crippen LogP contribution in [0.2, 0.25) is 5.02 Å². The van der Waals surface area contributed by atoms with Gasteiger partial charge in [-0.25, -0.2) is 4.98 Å². The highest BCUT2D eigenvalue weighted by Crippen LogP contribution is 2.40. The maximum atomic E-state index is 6.12. The number of nitrogens with zero attached hydrogens (tertiary/aromatic N) is 1. The molecule has 0 saturated heterocycles. The highest BCUT2D eigenvalue weighted by Gasteiger charge is 2.25. The van der Waals surface area contributed by atoms with Gasteiger partial charge in [0.1, 0.15) is 5.76 Å². The molecule has 1 aromatic carbocycles. The fraction of sp³-hybridized carbons (Fsp3) is 0.350. The molecular weight excluding hydrogens is 352 g/mol. The van der Waals surface area contributed by atoms with E-state index < -0.39 is 0 Å². The summed E-state index contributed by atoms with van der Waals surface area (Å²) in [5.41, 5.74) is 2.15. The van der Waals surface area contributed by atoms with Crippen LogP contribution in [0.15, 0.2) is 49.4 Å². The van der Waals surface area contributed by atoms with Crippen LogP contribution in [0.5, 0.6) is 0 Å². The van der Waals surface area contributed by atoms with Gasteiger partial charge in [-0.1, -0.05) is 38.1 Å². The Labute approximate surface area is 158 Å². The molecule has 1 heterocycles. The molecule has 0 radical (unpaired) electrons. The van der Waals surface area contributed by atoms with E-state index in [0.717, 1.165) is 27.6 Å². The Morgan fingerprint density at radius 3 is 2.96 bits per heavy atom. The van der Waals surface area contributed by atoms with Gasteiger partial charge in [0.15, 0.2) is 0 Å². The minimum atomic E-state index is -0.344. The molecular formula is C20H23ClN2OS. The predicted molar refractivity (Wildman–Crippen MR) is 106 cm³/mol. The van der Waals surface area contributed by atoms with Crippen LogP contribution in [-0.2, 0) is 11.2 Å². The zero-order chi connectivity index (χ0) is 17.8. The van der Waals surface area contributed by atoms with Crippen molar-refractivity contribution in [3.05, 3.63) is 69.9 Å². The van der Waals surface area contributed by atoms with Gasteiger partial charge < -0.3 is 10.1 Å². The molecule has 1 atom stereocenters. The first kappa shape index (κ1) is 18.0. The molecule has 0 bridgehead atoms. The minimum Gasteiger partial charge on any atom is -0.466 e. The van der Waals surface area contributed by atoms with Crippen LogP contribution in [0.4, 0.5) is 5.69 Å². The van der Waals surface area contributed by atoms with Gasteiger partial charge in [0, 0.05) is 22.8 Å². The number of hydrogen-bond acceptors (Lipinski definition) is 4. The van der Waals surface area contributed by atoms with Crippen LogP contribution in [0, 0.1) is 0 Å². The first-order chi connectivity index (χ1) is 12.1. The lowest BCUT2D eigenvalue weighted by atomic mass is 9.86. The molecule has 3 rings (SSSR count). The van der Waals surface area contributed by atoms with Crippen molar-refractivity contribution in [2.45, 2.75) is 44.8 Å². The van der Waals surface area contributed by atoms with Crippen LogP contribution in [0.25, 0.3) is 0 Å². The monoisotopic (exact) mass is 374 g/mol. The molecule has 1 aliphatic rings. The lowest BCUT2D eigenvalue weighted by Crippen LogP contribution is -2.14. The van der Waals surface area contributed by atoms with E-state index in [4.69, 9.17) is 16.3 Å². The Hall–Kier alpha value is -1.78. The molecule has 1 N–H and O–H groups in total. The van der Waals surface area contributed by atoms with Gasteiger partial charge in [-0.3, -0.25) is 0 Å². The van der Waals surface area contributed by atoms with E-state index in [2.05, 4.69) is 30.4 Å². The van der Waals surface area contributed by atoms with Crippen molar-refractivity contribution in [3.63, 3.8) is 0 Å². The standard InChI is InChI=1S/C20H23ClN2OS/c1-4-13(3)24-19(18-12-22-20(25-18)15-7-6-8-15)23-17-10-9-16(21)11-14(17)5-2/h4,9-12,15,19,23H,1,3,5-8H2,2H3. The number of rotatable bonds is 8. The van der Waals surface area contributed by atoms with E-state index in [9.17, 15) is 0 Å². The second-order valence-corrected chi connectivity index (χ2v) is 7.73. The minimum absolute atomic E-state index is 0.344. The summed E-state index contributed by atoms with van der Waals surface area (Å²) in [5.74, 6) is 1.15. The summed E-state index contributed by atoms with van der Waals surface area (Å²) in [4.78, 5) is 5.66. The molecule has 132 valence electrons. The summed E-state index contributed by atoms with van der Waals surface area (Å²) in [6.07, 6.45) is 7.84. The number of allylic oxidation sites excluding steroid dienone is 1. The third kappa shape index (κ3) is 4.25. The van der Waals surface area contributed by atoms with Crippen LogP contribution in [0.3, 0.4) is 0 Å². The molecule has 0 aliphatic heterocycles. The number of halogens is 1.